The first kappa shape index (κ1) is 16.2. The lowest BCUT2D eigenvalue weighted by Gasteiger charge is -2.51. The molecule has 7 heteroatoms. The lowest BCUT2D eigenvalue weighted by atomic mass is 9.70. The van der Waals surface area contributed by atoms with E-state index in [0.717, 1.165) is 44.5 Å². The molecule has 0 aromatic heterocycles. The fourth-order valence-corrected chi connectivity index (χ4v) is 4.50. The number of ether oxygens (including phenoxy) is 1. The molecule has 4 nitrogen and oxygen atoms in total. The van der Waals surface area contributed by atoms with Crippen LogP contribution in [0.5, 0.6) is 0 Å². The van der Waals surface area contributed by atoms with Gasteiger partial charge in [-0.05, 0) is 44.5 Å². The minimum atomic E-state index is -1.07. The minimum absolute atomic E-state index is 0.0295. The molecule has 2 saturated heterocycles. The Morgan fingerprint density at radius 3 is 2.71 bits per heavy atom. The fourth-order valence-electron chi connectivity index (χ4n) is 4.27. The van der Waals surface area contributed by atoms with Crippen LogP contribution in [0.2, 0.25) is 5.02 Å². The molecule has 0 spiro atoms. The lowest BCUT2D eigenvalue weighted by molar-refractivity contribution is -0.0747. The number of hydrogen-bond acceptors (Lipinski definition) is 3. The Hall–Kier alpha value is -1.24. The summed E-state index contributed by atoms with van der Waals surface area (Å²) >= 11 is 5.91. The molecule has 4 rings (SSSR count). The highest BCUT2D eigenvalue weighted by atomic mass is 35.5. The average molecular weight is 357 g/mol. The number of nitrogens with zero attached hydrogens (tertiary/aromatic N) is 1. The number of nitrogens with one attached hydrogen (secondary N) is 1. The van der Waals surface area contributed by atoms with E-state index < -0.39 is 17.5 Å². The molecule has 0 radical (unpaired) electrons. The van der Waals surface area contributed by atoms with Gasteiger partial charge in [-0.25, -0.2) is 8.78 Å². The molecule has 24 heavy (non-hydrogen) atoms. The molecule has 1 aromatic rings. The number of halogens is 3. The standard InChI is InChI=1S/C17H19ClF2N2O2/c18-11-8-13(20)12(19)7-10(11)17(23)21-14-9-3-6-24-16(9)15(14)22-4-1-2-5-22/h7-9,14-16H,1-6H2,(H,21,23)/t9-,14+,15-,16-/m1/s1. The number of fused-ring (bicyclic) bond motifs is 1. The van der Waals surface area contributed by atoms with Crippen LogP contribution in [0, 0.1) is 17.6 Å². The first-order valence-corrected chi connectivity index (χ1v) is 8.75. The molecule has 1 aliphatic carbocycles. The summed E-state index contributed by atoms with van der Waals surface area (Å²) in [6, 6.07) is 1.82. The van der Waals surface area contributed by atoms with E-state index in [4.69, 9.17) is 16.3 Å². The summed E-state index contributed by atoms with van der Waals surface area (Å²) in [4.78, 5) is 14.9. The third-order valence-electron chi connectivity index (χ3n) is 5.46. The zero-order valence-electron chi connectivity index (χ0n) is 13.1. The quantitative estimate of drug-likeness (QED) is 0.846. The van der Waals surface area contributed by atoms with Crippen molar-refractivity contribution in [2.45, 2.75) is 37.5 Å². The Bertz CT molecular complexity index is 661. The Labute approximate surface area is 144 Å². The summed E-state index contributed by atoms with van der Waals surface area (Å²) < 4.78 is 32.5. The van der Waals surface area contributed by atoms with Gasteiger partial charge in [0.05, 0.1) is 28.8 Å². The normalized spacial score (nSPS) is 32.5. The highest BCUT2D eigenvalue weighted by molar-refractivity contribution is 6.33. The maximum absolute atomic E-state index is 13.4. The molecular weight excluding hydrogens is 338 g/mol. The average Bonchev–Trinajstić information content (AvgIpc) is 3.19. The van der Waals surface area contributed by atoms with Gasteiger partial charge >= 0.3 is 0 Å². The van der Waals surface area contributed by atoms with Crippen molar-refractivity contribution in [2.24, 2.45) is 5.92 Å². The van der Waals surface area contributed by atoms with E-state index in [1.165, 1.54) is 0 Å². The summed E-state index contributed by atoms with van der Waals surface area (Å²) in [5.74, 6) is -2.31. The van der Waals surface area contributed by atoms with Crippen molar-refractivity contribution in [3.05, 3.63) is 34.4 Å². The van der Waals surface area contributed by atoms with Gasteiger partial charge in [-0.3, -0.25) is 9.69 Å². The summed E-state index contributed by atoms with van der Waals surface area (Å²) in [5, 5.41) is 2.90. The van der Waals surface area contributed by atoms with Gasteiger partial charge in [0.2, 0.25) is 0 Å². The molecule has 3 aliphatic rings. The number of rotatable bonds is 3. The predicted molar refractivity (Wildman–Crippen MR) is 85.1 cm³/mol. The lowest BCUT2D eigenvalue weighted by Crippen LogP contribution is -2.70. The Balaban J connectivity index is 1.53. The number of amides is 1. The van der Waals surface area contributed by atoms with Crippen LogP contribution in [-0.4, -0.2) is 48.7 Å². The Kier molecular flexibility index (Phi) is 4.22. The van der Waals surface area contributed by atoms with Crippen LogP contribution in [0.15, 0.2) is 12.1 Å². The summed E-state index contributed by atoms with van der Waals surface area (Å²) in [6.07, 6.45) is 3.38. The van der Waals surface area contributed by atoms with E-state index in [2.05, 4.69) is 10.2 Å². The summed E-state index contributed by atoms with van der Waals surface area (Å²) in [5.41, 5.74) is -0.0295. The SMILES string of the molecule is O=C(N[C@H]1[C@H]2CCO[C@H]2[C@@H]1N1CCCC1)c1cc(F)c(F)cc1Cl. The largest absolute Gasteiger partial charge is 0.376 e. The molecular formula is C17H19ClF2N2O2. The molecule has 1 saturated carbocycles. The zero-order valence-corrected chi connectivity index (χ0v) is 13.9. The summed E-state index contributed by atoms with van der Waals surface area (Å²) in [7, 11) is 0. The van der Waals surface area contributed by atoms with Crippen molar-refractivity contribution in [3.8, 4) is 0 Å². The monoisotopic (exact) mass is 356 g/mol. The van der Waals surface area contributed by atoms with Crippen molar-refractivity contribution >= 4 is 17.5 Å². The minimum Gasteiger partial charge on any atom is -0.376 e. The summed E-state index contributed by atoms with van der Waals surface area (Å²) in [6.45, 7) is 2.73. The van der Waals surface area contributed by atoms with Crippen LogP contribution in [0.3, 0.4) is 0 Å². The predicted octanol–water partition coefficient (Wildman–Crippen LogP) is 2.60. The van der Waals surface area contributed by atoms with E-state index >= 15 is 0 Å². The van der Waals surface area contributed by atoms with Crippen molar-refractivity contribution in [3.63, 3.8) is 0 Å². The smallest absolute Gasteiger partial charge is 0.253 e. The molecule has 130 valence electrons. The first-order valence-electron chi connectivity index (χ1n) is 8.37. The number of likely N-dealkylation sites (tertiary alicyclic amines) is 1. The van der Waals surface area contributed by atoms with Crippen molar-refractivity contribution in [1.29, 1.82) is 0 Å². The number of carbonyl (C=O) groups is 1. The Morgan fingerprint density at radius 1 is 1.25 bits per heavy atom. The van der Waals surface area contributed by atoms with Crippen molar-refractivity contribution in [2.75, 3.05) is 19.7 Å². The van der Waals surface area contributed by atoms with Gasteiger partial charge in [0.15, 0.2) is 11.6 Å². The van der Waals surface area contributed by atoms with E-state index in [1.807, 2.05) is 0 Å². The van der Waals surface area contributed by atoms with Crippen molar-refractivity contribution in [1.82, 2.24) is 10.2 Å². The first-order chi connectivity index (χ1) is 11.6. The molecule has 2 aliphatic heterocycles. The van der Waals surface area contributed by atoms with E-state index in [-0.39, 0.29) is 34.7 Å². The maximum Gasteiger partial charge on any atom is 0.253 e. The van der Waals surface area contributed by atoms with Crippen LogP contribution in [0.1, 0.15) is 29.6 Å². The second-order valence-electron chi connectivity index (χ2n) is 6.77. The van der Waals surface area contributed by atoms with E-state index in [9.17, 15) is 13.6 Å². The van der Waals surface area contributed by atoms with Gasteiger partial charge in [0.25, 0.3) is 5.91 Å². The van der Waals surface area contributed by atoms with Crippen LogP contribution < -0.4 is 5.32 Å². The second kappa shape index (κ2) is 6.24. The van der Waals surface area contributed by atoms with Gasteiger partial charge in [-0.15, -0.1) is 0 Å². The van der Waals surface area contributed by atoms with Crippen LogP contribution >= 0.6 is 11.6 Å². The molecule has 1 amide bonds. The van der Waals surface area contributed by atoms with Gasteiger partial charge in [-0.2, -0.15) is 0 Å². The topological polar surface area (TPSA) is 41.6 Å². The maximum atomic E-state index is 13.4. The third kappa shape index (κ3) is 2.61. The van der Waals surface area contributed by atoms with Gasteiger partial charge in [0, 0.05) is 12.5 Å². The zero-order chi connectivity index (χ0) is 16.8. The number of hydrogen-bond donors (Lipinski definition) is 1. The second-order valence-corrected chi connectivity index (χ2v) is 7.17. The third-order valence-corrected chi connectivity index (χ3v) is 5.78. The van der Waals surface area contributed by atoms with Crippen LogP contribution in [-0.2, 0) is 4.74 Å². The number of carbonyl (C=O) groups excluding carboxylic acids is 1. The van der Waals surface area contributed by atoms with E-state index in [1.54, 1.807) is 0 Å². The fraction of sp³-hybridized carbons (Fsp3) is 0.588. The molecule has 2 heterocycles. The Morgan fingerprint density at radius 2 is 1.96 bits per heavy atom. The van der Waals surface area contributed by atoms with Crippen molar-refractivity contribution < 1.29 is 18.3 Å². The molecule has 3 fully saturated rings. The molecule has 1 aromatic carbocycles. The highest BCUT2D eigenvalue weighted by Gasteiger charge is 2.56. The molecule has 0 bridgehead atoms. The molecule has 1 N–H and O–H groups in total. The number of benzene rings is 1. The van der Waals surface area contributed by atoms with Gasteiger partial charge < -0.3 is 10.1 Å². The van der Waals surface area contributed by atoms with Gasteiger partial charge in [-0.1, -0.05) is 11.6 Å². The van der Waals surface area contributed by atoms with Crippen LogP contribution in [0.25, 0.3) is 0 Å². The van der Waals surface area contributed by atoms with Gasteiger partial charge in [0.1, 0.15) is 0 Å². The van der Waals surface area contributed by atoms with E-state index in [0.29, 0.717) is 6.61 Å². The highest BCUT2D eigenvalue weighted by Crippen LogP contribution is 2.43. The molecule has 4 atom stereocenters. The molecule has 0 unspecified atom stereocenters. The van der Waals surface area contributed by atoms with Crippen LogP contribution in [0.4, 0.5) is 8.78 Å².